The van der Waals surface area contributed by atoms with E-state index in [-0.39, 0.29) is 32.8 Å². The number of carbonyl (C=O) groups is 1. The van der Waals surface area contributed by atoms with E-state index in [9.17, 15) is 44.1 Å². The summed E-state index contributed by atoms with van der Waals surface area (Å²) in [6.45, 7) is 5.64. The van der Waals surface area contributed by atoms with E-state index in [4.69, 9.17) is 11.7 Å². The fourth-order valence-corrected chi connectivity index (χ4v) is 4.30. The van der Waals surface area contributed by atoms with Crippen molar-refractivity contribution in [1.29, 1.82) is 0 Å². The molecule has 0 aromatic heterocycles. The number of alkyl halides is 6. The molecule has 2 N–H and O–H groups in total. The van der Waals surface area contributed by atoms with Crippen LogP contribution in [0.1, 0.15) is 16.8 Å². The van der Waals surface area contributed by atoms with Gasteiger partial charge < -0.3 is 9.84 Å². The third-order valence-corrected chi connectivity index (χ3v) is 6.10. The van der Waals surface area contributed by atoms with Crippen molar-refractivity contribution in [1.82, 2.24) is 0 Å². The monoisotopic (exact) mass is 521 g/mol. The molecule has 0 radical (unpaired) electrons. The second-order valence-corrected chi connectivity index (χ2v) is 8.73. The molecule has 0 aliphatic carbocycles. The van der Waals surface area contributed by atoms with Crippen molar-refractivity contribution in [2.75, 3.05) is 6.61 Å². The number of esters is 1. The number of fused-ring (bicyclic) bond motifs is 2. The molecule has 0 spiro atoms. The van der Waals surface area contributed by atoms with Gasteiger partial charge in [0.25, 0.3) is 15.7 Å². The van der Waals surface area contributed by atoms with Crippen molar-refractivity contribution in [2.45, 2.75) is 29.3 Å². The van der Waals surface area contributed by atoms with Crippen molar-refractivity contribution in [3.63, 3.8) is 0 Å². The van der Waals surface area contributed by atoms with E-state index < -0.39 is 52.0 Å². The van der Waals surface area contributed by atoms with Crippen LogP contribution in [0.25, 0.3) is 26.4 Å². The van der Waals surface area contributed by atoms with Crippen LogP contribution in [0, 0.1) is 6.57 Å². The Kier molecular flexibility index (Phi) is 6.49. The summed E-state index contributed by atoms with van der Waals surface area (Å²) in [5.74, 6) is -1.35. The van der Waals surface area contributed by atoms with Gasteiger partial charge in [-0.05, 0) is 35.0 Å². The maximum atomic E-state index is 12.7. The number of hydrogen-bond acceptors (Lipinski definition) is 5. The fourth-order valence-electron chi connectivity index (χ4n) is 3.37. The minimum Gasteiger partial charge on any atom is -0.462 e. The molecule has 0 aliphatic heterocycles. The first-order valence-electron chi connectivity index (χ1n) is 9.38. The molecule has 0 fully saturated rings. The maximum absolute atomic E-state index is 12.7. The molecular formula is C21H13F6NO6S. The predicted molar refractivity (Wildman–Crippen MR) is 109 cm³/mol. The summed E-state index contributed by atoms with van der Waals surface area (Å²) in [5.41, 5.74) is -5.31. The summed E-state index contributed by atoms with van der Waals surface area (Å²) in [4.78, 5) is 14.9. The first kappa shape index (κ1) is 26.2. The number of nitrogens with zero attached hydrogens (tertiary/aromatic N) is 1. The van der Waals surface area contributed by atoms with Crippen LogP contribution in [-0.2, 0) is 14.9 Å². The zero-order chi connectivity index (χ0) is 26.4. The lowest BCUT2D eigenvalue weighted by molar-refractivity contribution is -0.371. The number of benzene rings is 3. The molecule has 0 bridgehead atoms. The molecule has 3 rings (SSSR count). The van der Waals surface area contributed by atoms with Gasteiger partial charge in [-0.15, -0.1) is 0 Å². The SMILES string of the molecule is [C-]#[N+]c1ccc2c(S(=O)(=O)O)c3ccc(C(=O)OCCC(O)(C(F)(F)F)C(F)(F)F)cc3cc2c1. The predicted octanol–water partition coefficient (Wildman–Crippen LogP) is 5.19. The van der Waals surface area contributed by atoms with E-state index in [1.165, 1.54) is 24.3 Å². The van der Waals surface area contributed by atoms with Crippen LogP contribution in [0.5, 0.6) is 0 Å². The van der Waals surface area contributed by atoms with Crippen LogP contribution in [0.2, 0.25) is 0 Å². The van der Waals surface area contributed by atoms with Gasteiger partial charge in [0.1, 0.15) is 4.90 Å². The Bertz CT molecular complexity index is 1460. The maximum Gasteiger partial charge on any atom is 0.426 e. The summed E-state index contributed by atoms with van der Waals surface area (Å²) in [7, 11) is -4.80. The summed E-state index contributed by atoms with van der Waals surface area (Å²) >= 11 is 0. The lowest BCUT2D eigenvalue weighted by Crippen LogP contribution is -2.57. The number of ether oxygens (including phenoxy) is 1. The third-order valence-electron chi connectivity index (χ3n) is 5.14. The minimum atomic E-state index is -6.07. The van der Waals surface area contributed by atoms with Crippen molar-refractivity contribution in [2.24, 2.45) is 0 Å². The number of hydrogen-bond donors (Lipinski definition) is 2. The zero-order valence-electron chi connectivity index (χ0n) is 17.1. The zero-order valence-corrected chi connectivity index (χ0v) is 17.9. The largest absolute Gasteiger partial charge is 0.462 e. The molecule has 0 saturated carbocycles. The summed E-state index contributed by atoms with van der Waals surface area (Å²) in [5, 5.41) is 9.39. The highest BCUT2D eigenvalue weighted by Crippen LogP contribution is 2.45. The molecule has 35 heavy (non-hydrogen) atoms. The Morgan fingerprint density at radius 1 is 0.943 bits per heavy atom. The highest BCUT2D eigenvalue weighted by Gasteiger charge is 2.70. The van der Waals surface area contributed by atoms with E-state index in [1.807, 2.05) is 0 Å². The Hall–Kier alpha value is -3.41. The molecule has 0 unspecified atom stereocenters. The van der Waals surface area contributed by atoms with Gasteiger partial charge in [0.05, 0.1) is 18.7 Å². The van der Waals surface area contributed by atoms with Gasteiger partial charge in [-0.1, -0.05) is 18.2 Å². The second kappa shape index (κ2) is 8.67. The number of rotatable bonds is 5. The number of halogens is 6. The Balaban J connectivity index is 1.98. The van der Waals surface area contributed by atoms with E-state index in [0.29, 0.717) is 0 Å². The van der Waals surface area contributed by atoms with Crippen molar-refractivity contribution < 1.29 is 54.0 Å². The van der Waals surface area contributed by atoms with Crippen LogP contribution >= 0.6 is 0 Å². The van der Waals surface area contributed by atoms with Gasteiger partial charge in [0, 0.05) is 17.2 Å². The average molecular weight is 521 g/mol. The standard InChI is InChI=1S/C21H13F6NO6S/c1-28-14-3-5-16-13(10-14)9-12-8-11(2-4-15(12)17(16)35(31,32)33)18(29)34-7-6-19(30,20(22,23)24)21(25,26)27/h2-5,8-10,30H,6-7H2,(H,31,32,33). The molecule has 7 nitrogen and oxygen atoms in total. The van der Waals surface area contributed by atoms with Gasteiger partial charge in [-0.3, -0.25) is 4.55 Å². The first-order chi connectivity index (χ1) is 16.0. The van der Waals surface area contributed by atoms with E-state index in [1.54, 1.807) is 0 Å². The van der Waals surface area contributed by atoms with Crippen LogP contribution in [0.3, 0.4) is 0 Å². The topological polar surface area (TPSA) is 105 Å². The van der Waals surface area contributed by atoms with Gasteiger partial charge in [0.2, 0.25) is 0 Å². The van der Waals surface area contributed by atoms with Crippen LogP contribution in [0.15, 0.2) is 47.4 Å². The van der Waals surface area contributed by atoms with Crippen molar-refractivity contribution in [3.8, 4) is 0 Å². The van der Waals surface area contributed by atoms with Gasteiger partial charge in [-0.25, -0.2) is 9.64 Å². The van der Waals surface area contributed by atoms with E-state index in [2.05, 4.69) is 9.58 Å². The third kappa shape index (κ3) is 4.88. The van der Waals surface area contributed by atoms with Crippen LogP contribution < -0.4 is 0 Å². The molecule has 0 atom stereocenters. The molecule has 186 valence electrons. The van der Waals surface area contributed by atoms with E-state index in [0.717, 1.165) is 18.2 Å². The quantitative estimate of drug-likeness (QED) is 0.157. The second-order valence-electron chi connectivity index (χ2n) is 7.38. The molecule has 14 heteroatoms. The Morgan fingerprint density at radius 3 is 2.00 bits per heavy atom. The number of carbonyl (C=O) groups excluding carboxylic acids is 1. The van der Waals surface area contributed by atoms with E-state index >= 15 is 0 Å². The first-order valence-corrected chi connectivity index (χ1v) is 10.8. The highest BCUT2D eigenvalue weighted by atomic mass is 32.2. The average Bonchev–Trinajstić information content (AvgIpc) is 2.73. The van der Waals surface area contributed by atoms with Gasteiger partial charge in [0.15, 0.2) is 5.69 Å². The summed E-state index contributed by atoms with van der Waals surface area (Å²) in [6, 6.07) is 8.46. The molecule has 3 aromatic carbocycles. The van der Waals surface area contributed by atoms with Crippen molar-refractivity contribution in [3.05, 3.63) is 59.4 Å². The Morgan fingerprint density at radius 2 is 1.49 bits per heavy atom. The number of aliphatic hydroxyl groups is 1. The molecule has 0 heterocycles. The summed E-state index contributed by atoms with van der Waals surface area (Å²) < 4.78 is 115. The molecule has 0 saturated heterocycles. The molecule has 0 aliphatic rings. The molecule has 0 amide bonds. The van der Waals surface area contributed by atoms with Crippen LogP contribution in [-0.4, -0.2) is 48.6 Å². The van der Waals surface area contributed by atoms with Gasteiger partial charge in [-0.2, -0.15) is 34.8 Å². The van der Waals surface area contributed by atoms with Gasteiger partial charge >= 0.3 is 18.3 Å². The van der Waals surface area contributed by atoms with Crippen molar-refractivity contribution >= 4 is 43.3 Å². The molecule has 3 aromatic rings. The fraction of sp³-hybridized carbons (Fsp3) is 0.238. The Labute approximate surface area is 193 Å². The lowest BCUT2D eigenvalue weighted by Gasteiger charge is -2.31. The smallest absolute Gasteiger partial charge is 0.426 e. The van der Waals surface area contributed by atoms with Crippen LogP contribution in [0.4, 0.5) is 32.0 Å². The summed E-state index contributed by atoms with van der Waals surface area (Å²) in [6.07, 6.45) is -14.1. The minimum absolute atomic E-state index is 0.0452. The normalized spacial score (nSPS) is 13.1. The highest BCUT2D eigenvalue weighted by molar-refractivity contribution is 7.86. The molecular weight excluding hydrogens is 508 g/mol. The lowest BCUT2D eigenvalue weighted by atomic mass is 9.99.